The van der Waals surface area contributed by atoms with E-state index in [0.29, 0.717) is 42.6 Å². The van der Waals surface area contributed by atoms with Crippen LogP contribution in [0.1, 0.15) is 37.0 Å². The van der Waals surface area contributed by atoms with E-state index in [0.717, 1.165) is 6.42 Å². The molecule has 1 atom stereocenters. The van der Waals surface area contributed by atoms with Gasteiger partial charge in [0.25, 0.3) is 5.91 Å². The Morgan fingerprint density at radius 1 is 1.36 bits per heavy atom. The Labute approximate surface area is 156 Å². The fourth-order valence-corrected chi connectivity index (χ4v) is 4.07. The van der Waals surface area contributed by atoms with E-state index in [1.165, 1.54) is 23.9 Å². The molecule has 1 aliphatic rings. The maximum Gasteiger partial charge on any atom is 0.330 e. The van der Waals surface area contributed by atoms with Gasteiger partial charge in [0.15, 0.2) is 11.5 Å². The summed E-state index contributed by atoms with van der Waals surface area (Å²) in [7, 11) is 0. The first kappa shape index (κ1) is 19.7. The lowest BCUT2D eigenvalue weighted by atomic mass is 9.98. The number of amides is 1. The molecular weight excluding hydrogens is 366 g/mol. The number of benzene rings is 1. The average Bonchev–Trinajstić information content (AvgIpc) is 3.04. The van der Waals surface area contributed by atoms with E-state index in [1.807, 2.05) is 13.8 Å². The standard InChI is InChI=1S/C17H22ClNO5S/c1-3-6-24-14-12(18)8-11(9-13(14)23-4-2)15(20)19-17(16(21)22)5-7-25-10-17/h8-9H,3-7,10H2,1-2H3,(H,19,20)(H,21,22). The summed E-state index contributed by atoms with van der Waals surface area (Å²) in [5.41, 5.74) is -0.993. The molecule has 0 aromatic heterocycles. The van der Waals surface area contributed by atoms with E-state index < -0.39 is 17.4 Å². The van der Waals surface area contributed by atoms with Crippen LogP contribution in [0.25, 0.3) is 0 Å². The van der Waals surface area contributed by atoms with Crippen molar-refractivity contribution in [1.29, 1.82) is 0 Å². The average molecular weight is 388 g/mol. The number of halogens is 1. The lowest BCUT2D eigenvalue weighted by Crippen LogP contribution is -2.54. The Hall–Kier alpha value is -1.60. The third-order valence-electron chi connectivity index (χ3n) is 3.81. The summed E-state index contributed by atoms with van der Waals surface area (Å²) in [6.07, 6.45) is 1.20. The van der Waals surface area contributed by atoms with Crippen LogP contribution in [-0.2, 0) is 4.79 Å². The molecule has 1 saturated heterocycles. The monoisotopic (exact) mass is 387 g/mol. The second kappa shape index (κ2) is 8.67. The van der Waals surface area contributed by atoms with Gasteiger partial charge in [-0.05, 0) is 37.7 Å². The molecule has 2 rings (SSSR count). The minimum absolute atomic E-state index is 0.245. The lowest BCUT2D eigenvalue weighted by Gasteiger charge is -2.25. The van der Waals surface area contributed by atoms with Crippen molar-refractivity contribution in [1.82, 2.24) is 5.32 Å². The Morgan fingerprint density at radius 2 is 2.12 bits per heavy atom. The fourth-order valence-electron chi connectivity index (χ4n) is 2.48. The topological polar surface area (TPSA) is 84.9 Å². The quantitative estimate of drug-likeness (QED) is 0.712. The summed E-state index contributed by atoms with van der Waals surface area (Å²) in [5, 5.41) is 12.4. The predicted molar refractivity (Wildman–Crippen MR) is 98.2 cm³/mol. The summed E-state index contributed by atoms with van der Waals surface area (Å²) < 4.78 is 11.1. The molecule has 1 aromatic carbocycles. The summed E-state index contributed by atoms with van der Waals surface area (Å²) in [6.45, 7) is 4.66. The lowest BCUT2D eigenvalue weighted by molar-refractivity contribution is -0.143. The van der Waals surface area contributed by atoms with Gasteiger partial charge in [0.05, 0.1) is 18.2 Å². The number of thioether (sulfide) groups is 1. The van der Waals surface area contributed by atoms with Crippen LogP contribution in [0, 0.1) is 0 Å². The van der Waals surface area contributed by atoms with E-state index in [9.17, 15) is 14.7 Å². The summed E-state index contributed by atoms with van der Waals surface area (Å²) >= 11 is 7.76. The van der Waals surface area contributed by atoms with E-state index in [-0.39, 0.29) is 10.6 Å². The normalized spacial score (nSPS) is 19.5. The third-order valence-corrected chi connectivity index (χ3v) is 5.28. The van der Waals surface area contributed by atoms with Crippen LogP contribution in [-0.4, -0.2) is 47.2 Å². The number of carboxylic acids is 1. The van der Waals surface area contributed by atoms with Gasteiger partial charge in [-0.3, -0.25) is 4.79 Å². The molecule has 8 heteroatoms. The number of hydrogen-bond acceptors (Lipinski definition) is 5. The first-order chi connectivity index (χ1) is 11.9. The Balaban J connectivity index is 2.28. The van der Waals surface area contributed by atoms with Gasteiger partial charge in [-0.25, -0.2) is 4.79 Å². The zero-order chi connectivity index (χ0) is 18.4. The minimum Gasteiger partial charge on any atom is -0.490 e. The van der Waals surface area contributed by atoms with Crippen molar-refractivity contribution in [2.24, 2.45) is 0 Å². The highest BCUT2D eigenvalue weighted by Gasteiger charge is 2.43. The van der Waals surface area contributed by atoms with Crippen LogP contribution >= 0.6 is 23.4 Å². The molecule has 1 amide bonds. The molecule has 0 saturated carbocycles. The molecular formula is C17H22ClNO5S. The van der Waals surface area contributed by atoms with Crippen molar-refractivity contribution < 1.29 is 24.2 Å². The first-order valence-corrected chi connectivity index (χ1v) is 9.69. The van der Waals surface area contributed by atoms with Crippen LogP contribution in [0.4, 0.5) is 0 Å². The van der Waals surface area contributed by atoms with Gasteiger partial charge in [-0.15, -0.1) is 0 Å². The van der Waals surface area contributed by atoms with Gasteiger partial charge in [0, 0.05) is 11.3 Å². The maximum atomic E-state index is 12.6. The molecule has 0 spiro atoms. The predicted octanol–water partition coefficient (Wildman–Crippen LogP) is 3.22. The number of carboxylic acid groups (broad SMARTS) is 1. The minimum atomic E-state index is -1.24. The van der Waals surface area contributed by atoms with Crippen molar-refractivity contribution in [3.8, 4) is 11.5 Å². The van der Waals surface area contributed by atoms with E-state index in [1.54, 1.807) is 0 Å². The molecule has 1 aliphatic heterocycles. The van der Waals surface area contributed by atoms with Crippen molar-refractivity contribution in [2.75, 3.05) is 24.7 Å². The number of carbonyl (C=O) groups excluding carboxylic acids is 1. The SMILES string of the molecule is CCCOc1c(Cl)cc(C(=O)NC2(C(=O)O)CCSC2)cc1OCC. The highest BCUT2D eigenvalue weighted by molar-refractivity contribution is 7.99. The molecule has 6 nitrogen and oxygen atoms in total. The zero-order valence-electron chi connectivity index (χ0n) is 14.3. The molecule has 1 fully saturated rings. The number of nitrogens with one attached hydrogen (secondary N) is 1. The van der Waals surface area contributed by atoms with Crippen LogP contribution in [0.2, 0.25) is 5.02 Å². The number of aliphatic carboxylic acids is 1. The second-order valence-corrected chi connectivity index (χ2v) is 7.22. The van der Waals surface area contributed by atoms with Crippen molar-refractivity contribution in [3.63, 3.8) is 0 Å². The highest BCUT2D eigenvalue weighted by Crippen LogP contribution is 2.37. The van der Waals surface area contributed by atoms with Crippen molar-refractivity contribution >= 4 is 35.2 Å². The smallest absolute Gasteiger partial charge is 0.330 e. The van der Waals surface area contributed by atoms with Gasteiger partial charge < -0.3 is 19.9 Å². The number of ether oxygens (including phenoxy) is 2. The largest absolute Gasteiger partial charge is 0.490 e. The van der Waals surface area contributed by atoms with Crippen LogP contribution in [0.5, 0.6) is 11.5 Å². The second-order valence-electron chi connectivity index (χ2n) is 5.71. The van der Waals surface area contributed by atoms with Crippen LogP contribution in [0.15, 0.2) is 12.1 Å². The van der Waals surface area contributed by atoms with Crippen LogP contribution in [0.3, 0.4) is 0 Å². The highest BCUT2D eigenvalue weighted by atomic mass is 35.5. The Morgan fingerprint density at radius 3 is 2.68 bits per heavy atom. The number of rotatable bonds is 8. The van der Waals surface area contributed by atoms with E-state index in [4.69, 9.17) is 21.1 Å². The van der Waals surface area contributed by atoms with Gasteiger partial charge in [0.1, 0.15) is 5.54 Å². The fraction of sp³-hybridized carbons (Fsp3) is 0.529. The maximum absolute atomic E-state index is 12.6. The molecule has 0 bridgehead atoms. The molecule has 2 N–H and O–H groups in total. The zero-order valence-corrected chi connectivity index (χ0v) is 15.8. The van der Waals surface area contributed by atoms with Gasteiger partial charge in [0.2, 0.25) is 0 Å². The van der Waals surface area contributed by atoms with Crippen molar-refractivity contribution in [2.45, 2.75) is 32.2 Å². The Bertz CT molecular complexity index is 646. The molecule has 138 valence electrons. The molecule has 1 aromatic rings. The van der Waals surface area contributed by atoms with E-state index in [2.05, 4.69) is 5.32 Å². The number of carbonyl (C=O) groups is 2. The summed E-state index contributed by atoms with van der Waals surface area (Å²) in [6, 6.07) is 3.01. The van der Waals surface area contributed by atoms with Gasteiger partial charge >= 0.3 is 5.97 Å². The molecule has 0 aliphatic carbocycles. The summed E-state index contributed by atoms with van der Waals surface area (Å²) in [4.78, 5) is 24.2. The van der Waals surface area contributed by atoms with Gasteiger partial charge in [-0.2, -0.15) is 11.8 Å². The molecule has 25 heavy (non-hydrogen) atoms. The van der Waals surface area contributed by atoms with Crippen molar-refractivity contribution in [3.05, 3.63) is 22.7 Å². The molecule has 0 radical (unpaired) electrons. The van der Waals surface area contributed by atoms with Crippen LogP contribution < -0.4 is 14.8 Å². The van der Waals surface area contributed by atoms with Gasteiger partial charge in [-0.1, -0.05) is 18.5 Å². The van der Waals surface area contributed by atoms with E-state index >= 15 is 0 Å². The molecule has 1 heterocycles. The number of hydrogen-bond donors (Lipinski definition) is 2. The summed E-state index contributed by atoms with van der Waals surface area (Å²) in [5.74, 6) is 0.295. The third kappa shape index (κ3) is 4.52. The molecule has 1 unspecified atom stereocenters. The Kier molecular flexibility index (Phi) is 6.84. The first-order valence-electron chi connectivity index (χ1n) is 8.16.